The van der Waals surface area contributed by atoms with Gasteiger partial charge >= 0.3 is 0 Å². The Labute approximate surface area is 99.1 Å². The van der Waals surface area contributed by atoms with Gasteiger partial charge in [0.15, 0.2) is 0 Å². The molecule has 0 aromatic rings. The van der Waals surface area contributed by atoms with E-state index >= 15 is 0 Å². The smallest absolute Gasteiger partial charge is 0.279 e. The Balaban J connectivity index is 1.61. The van der Waals surface area contributed by atoms with Crippen molar-refractivity contribution in [3.05, 3.63) is 0 Å². The summed E-state index contributed by atoms with van der Waals surface area (Å²) in [4.78, 5) is 22.5. The maximum absolute atomic E-state index is 11.6. The number of carbonyl (C=O) groups is 2. The molecule has 2 saturated heterocycles. The Morgan fingerprint density at radius 2 is 2.44 bits per heavy atom. The Morgan fingerprint density at radius 1 is 1.56 bits per heavy atom. The molecule has 2 amide bonds. The standard InChI is InChI=1S/C10H17N3O2S/c14-9(8-6-16-10(15)13-8)12-5-3-7-2-1-4-11-7/h7-8,11H,1-6H2,(H,12,14)(H,13,15)/t7-,8?/m0/s1. The van der Waals surface area contributed by atoms with E-state index in [-0.39, 0.29) is 17.2 Å². The van der Waals surface area contributed by atoms with Crippen LogP contribution in [0.25, 0.3) is 0 Å². The summed E-state index contributed by atoms with van der Waals surface area (Å²) in [5.74, 6) is 0.489. The van der Waals surface area contributed by atoms with Gasteiger partial charge in [-0.2, -0.15) is 0 Å². The first kappa shape index (κ1) is 11.7. The van der Waals surface area contributed by atoms with E-state index in [1.54, 1.807) is 0 Å². The number of hydrogen-bond donors (Lipinski definition) is 3. The Morgan fingerprint density at radius 3 is 3.06 bits per heavy atom. The highest BCUT2D eigenvalue weighted by molar-refractivity contribution is 8.14. The lowest BCUT2D eigenvalue weighted by molar-refractivity contribution is -0.122. The third kappa shape index (κ3) is 3.12. The van der Waals surface area contributed by atoms with E-state index in [2.05, 4.69) is 16.0 Å². The average molecular weight is 243 g/mol. The molecule has 0 aromatic heterocycles. The Kier molecular flexibility index (Phi) is 4.06. The highest BCUT2D eigenvalue weighted by atomic mass is 32.2. The lowest BCUT2D eigenvalue weighted by Crippen LogP contribution is -2.43. The second kappa shape index (κ2) is 5.54. The van der Waals surface area contributed by atoms with Gasteiger partial charge in [-0.3, -0.25) is 9.59 Å². The van der Waals surface area contributed by atoms with Crippen molar-refractivity contribution in [1.82, 2.24) is 16.0 Å². The fraction of sp³-hybridized carbons (Fsp3) is 0.800. The van der Waals surface area contributed by atoms with Crippen LogP contribution in [0, 0.1) is 0 Å². The lowest BCUT2D eigenvalue weighted by Gasteiger charge is -2.13. The number of nitrogens with one attached hydrogen (secondary N) is 3. The van der Waals surface area contributed by atoms with E-state index in [9.17, 15) is 9.59 Å². The Hall–Kier alpha value is -0.750. The summed E-state index contributed by atoms with van der Waals surface area (Å²) in [6.07, 6.45) is 3.40. The van der Waals surface area contributed by atoms with Crippen molar-refractivity contribution >= 4 is 22.9 Å². The third-order valence-corrected chi connectivity index (χ3v) is 3.82. The largest absolute Gasteiger partial charge is 0.354 e. The second-order valence-electron chi connectivity index (χ2n) is 4.17. The summed E-state index contributed by atoms with van der Waals surface area (Å²) < 4.78 is 0. The van der Waals surface area contributed by atoms with E-state index in [1.165, 1.54) is 24.6 Å². The summed E-state index contributed by atoms with van der Waals surface area (Å²) >= 11 is 1.17. The third-order valence-electron chi connectivity index (χ3n) is 2.94. The number of thioether (sulfide) groups is 1. The van der Waals surface area contributed by atoms with Crippen LogP contribution < -0.4 is 16.0 Å². The summed E-state index contributed by atoms with van der Waals surface area (Å²) in [6, 6.07) is 0.210. The van der Waals surface area contributed by atoms with E-state index < -0.39 is 0 Å². The van der Waals surface area contributed by atoms with E-state index in [1.807, 2.05) is 0 Å². The monoisotopic (exact) mass is 243 g/mol. The van der Waals surface area contributed by atoms with Gasteiger partial charge in [-0.15, -0.1) is 0 Å². The topological polar surface area (TPSA) is 70.2 Å². The predicted molar refractivity (Wildman–Crippen MR) is 63.4 cm³/mol. The molecule has 5 nitrogen and oxygen atoms in total. The van der Waals surface area contributed by atoms with Gasteiger partial charge in [0, 0.05) is 18.3 Å². The van der Waals surface area contributed by atoms with Gasteiger partial charge in [-0.1, -0.05) is 11.8 Å². The minimum Gasteiger partial charge on any atom is -0.354 e. The highest BCUT2D eigenvalue weighted by Gasteiger charge is 2.27. The predicted octanol–water partition coefficient (Wildman–Crippen LogP) is 0.0697. The van der Waals surface area contributed by atoms with Gasteiger partial charge in [-0.25, -0.2) is 0 Å². The molecule has 0 aliphatic carbocycles. The molecular weight excluding hydrogens is 226 g/mol. The van der Waals surface area contributed by atoms with E-state index in [0.717, 1.165) is 13.0 Å². The zero-order chi connectivity index (χ0) is 11.4. The highest BCUT2D eigenvalue weighted by Crippen LogP contribution is 2.13. The van der Waals surface area contributed by atoms with Gasteiger partial charge in [0.1, 0.15) is 6.04 Å². The molecule has 90 valence electrons. The van der Waals surface area contributed by atoms with Crippen molar-refractivity contribution in [1.29, 1.82) is 0 Å². The Bertz CT molecular complexity index is 279. The fourth-order valence-electron chi connectivity index (χ4n) is 2.02. The molecule has 1 unspecified atom stereocenters. The van der Waals surface area contributed by atoms with Gasteiger partial charge in [0.2, 0.25) is 5.91 Å². The molecule has 3 N–H and O–H groups in total. The first-order valence-corrected chi connectivity index (χ1v) is 6.68. The molecular formula is C10H17N3O2S. The van der Waals surface area contributed by atoms with Crippen LogP contribution in [0.1, 0.15) is 19.3 Å². The van der Waals surface area contributed by atoms with Gasteiger partial charge in [0.25, 0.3) is 5.24 Å². The fourth-order valence-corrected chi connectivity index (χ4v) is 2.80. The number of carbonyl (C=O) groups excluding carboxylic acids is 2. The maximum Gasteiger partial charge on any atom is 0.279 e. The van der Waals surface area contributed by atoms with E-state index in [0.29, 0.717) is 18.3 Å². The quantitative estimate of drug-likeness (QED) is 0.653. The van der Waals surface area contributed by atoms with Crippen LogP contribution in [0.4, 0.5) is 4.79 Å². The summed E-state index contributed by atoms with van der Waals surface area (Å²) in [5, 5.41) is 8.78. The first-order chi connectivity index (χ1) is 7.75. The van der Waals surface area contributed by atoms with Crippen molar-refractivity contribution in [2.75, 3.05) is 18.8 Å². The zero-order valence-electron chi connectivity index (χ0n) is 9.12. The van der Waals surface area contributed by atoms with Gasteiger partial charge < -0.3 is 16.0 Å². The molecule has 2 heterocycles. The minimum atomic E-state index is -0.339. The van der Waals surface area contributed by atoms with Crippen LogP contribution in [-0.4, -0.2) is 42.1 Å². The SMILES string of the molecule is O=C1NC(C(=O)NCC[C@@H]2CCCN2)CS1. The molecule has 0 saturated carbocycles. The molecule has 0 spiro atoms. The zero-order valence-corrected chi connectivity index (χ0v) is 9.94. The van der Waals surface area contributed by atoms with Crippen molar-refractivity contribution in [2.24, 2.45) is 0 Å². The van der Waals surface area contributed by atoms with Crippen molar-refractivity contribution in [3.8, 4) is 0 Å². The molecule has 2 aliphatic heterocycles. The molecule has 2 aliphatic rings. The van der Waals surface area contributed by atoms with Crippen LogP contribution in [-0.2, 0) is 4.79 Å². The number of rotatable bonds is 4. The lowest BCUT2D eigenvalue weighted by atomic mass is 10.1. The molecule has 2 fully saturated rings. The van der Waals surface area contributed by atoms with Crippen molar-refractivity contribution < 1.29 is 9.59 Å². The molecule has 16 heavy (non-hydrogen) atoms. The summed E-state index contributed by atoms with van der Waals surface area (Å²) in [7, 11) is 0. The minimum absolute atomic E-state index is 0.0589. The van der Waals surface area contributed by atoms with Crippen LogP contribution in [0.15, 0.2) is 0 Å². The van der Waals surface area contributed by atoms with Crippen LogP contribution in [0.5, 0.6) is 0 Å². The van der Waals surface area contributed by atoms with E-state index in [4.69, 9.17) is 0 Å². The van der Waals surface area contributed by atoms with Crippen molar-refractivity contribution in [3.63, 3.8) is 0 Å². The maximum atomic E-state index is 11.6. The normalized spacial score (nSPS) is 29.1. The van der Waals surface area contributed by atoms with Crippen LogP contribution in [0.3, 0.4) is 0 Å². The summed E-state index contributed by atoms with van der Waals surface area (Å²) in [6.45, 7) is 1.78. The second-order valence-corrected chi connectivity index (χ2v) is 5.16. The average Bonchev–Trinajstić information content (AvgIpc) is 2.89. The summed E-state index contributed by atoms with van der Waals surface area (Å²) in [5.41, 5.74) is 0. The van der Waals surface area contributed by atoms with Gasteiger partial charge in [-0.05, 0) is 25.8 Å². The molecule has 6 heteroatoms. The molecule has 2 atom stereocenters. The molecule has 0 radical (unpaired) electrons. The van der Waals surface area contributed by atoms with Crippen LogP contribution in [0.2, 0.25) is 0 Å². The van der Waals surface area contributed by atoms with Gasteiger partial charge in [0.05, 0.1) is 0 Å². The first-order valence-electron chi connectivity index (χ1n) is 5.70. The molecule has 0 aromatic carbocycles. The van der Waals surface area contributed by atoms with Crippen LogP contribution >= 0.6 is 11.8 Å². The number of amides is 2. The number of hydrogen-bond acceptors (Lipinski definition) is 4. The molecule has 2 rings (SSSR count). The van der Waals surface area contributed by atoms with Crippen molar-refractivity contribution in [2.45, 2.75) is 31.3 Å². The molecule has 0 bridgehead atoms.